The Balaban J connectivity index is 1.57. The molecule has 186 valence electrons. The topological polar surface area (TPSA) is 57.5 Å². The average molecular weight is 457 g/mol. The van der Waals surface area contributed by atoms with E-state index in [1.54, 1.807) is 5.57 Å². The van der Waals surface area contributed by atoms with Crippen LogP contribution in [0.1, 0.15) is 113 Å². The van der Waals surface area contributed by atoms with E-state index in [-0.39, 0.29) is 33.2 Å². The van der Waals surface area contributed by atoms with Crippen LogP contribution in [0.3, 0.4) is 0 Å². The summed E-state index contributed by atoms with van der Waals surface area (Å²) in [5.41, 5.74) is 1.94. The standard InChI is InChI=1S/C30H48O3/c1-25(2)21-10-13-30(7)22(28(21,5)12-11-23(25)31)9-8-19-20-18-27(4,24(32)33)15-14-26(20,3)16-17-29(19,30)6/h8,20-23,31H,9-18H2,1-7H3,(H,32,33)/t20-,21?,22-,23?,26-,27?,28+,29-,30-/m1/s1. The maximum atomic E-state index is 12.2. The lowest BCUT2D eigenvalue weighted by Crippen LogP contribution is -2.64. The number of hydrogen-bond donors (Lipinski definition) is 2. The molecule has 0 spiro atoms. The number of aliphatic hydroxyl groups is 1. The second-order valence-electron chi connectivity index (χ2n) is 14.9. The van der Waals surface area contributed by atoms with Gasteiger partial charge in [-0.25, -0.2) is 0 Å². The van der Waals surface area contributed by atoms with Crippen LogP contribution in [-0.2, 0) is 4.79 Å². The van der Waals surface area contributed by atoms with Crippen molar-refractivity contribution in [1.82, 2.24) is 0 Å². The molecule has 0 aromatic rings. The Morgan fingerprint density at radius 2 is 1.55 bits per heavy atom. The average Bonchev–Trinajstić information content (AvgIpc) is 2.73. The van der Waals surface area contributed by atoms with E-state index in [2.05, 4.69) is 47.6 Å². The minimum atomic E-state index is -0.603. The molecule has 4 fully saturated rings. The van der Waals surface area contributed by atoms with Crippen LogP contribution in [0.4, 0.5) is 0 Å². The molecule has 0 radical (unpaired) electrons. The lowest BCUT2D eigenvalue weighted by Gasteiger charge is -2.71. The highest BCUT2D eigenvalue weighted by Crippen LogP contribution is 2.75. The molecule has 3 heteroatoms. The van der Waals surface area contributed by atoms with E-state index >= 15 is 0 Å². The SMILES string of the molecule is CC1(C(=O)O)CC[C@]2(C)CC[C@]3(C)C(=CC[C@@H]4[C@@]5(C)CCC(O)C(C)(C)C5CC[C@]43C)[C@H]2C1. The van der Waals surface area contributed by atoms with Crippen LogP contribution in [-0.4, -0.2) is 22.3 Å². The minimum absolute atomic E-state index is 0.0168. The van der Waals surface area contributed by atoms with Crippen molar-refractivity contribution in [1.29, 1.82) is 0 Å². The molecule has 9 atom stereocenters. The Morgan fingerprint density at radius 1 is 0.879 bits per heavy atom. The van der Waals surface area contributed by atoms with Gasteiger partial charge in [0.15, 0.2) is 0 Å². The van der Waals surface area contributed by atoms with Crippen LogP contribution in [0, 0.1) is 50.2 Å². The molecule has 2 N–H and O–H groups in total. The molecule has 0 saturated heterocycles. The van der Waals surface area contributed by atoms with Crippen LogP contribution in [0.15, 0.2) is 11.6 Å². The highest BCUT2D eigenvalue weighted by atomic mass is 16.4. The Hall–Kier alpha value is -0.830. The maximum absolute atomic E-state index is 12.2. The summed E-state index contributed by atoms with van der Waals surface area (Å²) in [6.07, 6.45) is 13.2. The molecular weight excluding hydrogens is 408 g/mol. The molecular formula is C30H48O3. The molecule has 0 amide bonds. The van der Waals surface area contributed by atoms with Crippen molar-refractivity contribution in [2.45, 2.75) is 119 Å². The Labute approximate surface area is 201 Å². The zero-order chi connectivity index (χ0) is 24.2. The third-order valence-corrected chi connectivity index (χ3v) is 13.3. The molecule has 0 bridgehead atoms. The third-order valence-electron chi connectivity index (χ3n) is 13.3. The van der Waals surface area contributed by atoms with Gasteiger partial charge >= 0.3 is 5.97 Å². The summed E-state index contributed by atoms with van der Waals surface area (Å²) in [6.45, 7) is 16.8. The van der Waals surface area contributed by atoms with E-state index in [0.29, 0.717) is 17.8 Å². The van der Waals surface area contributed by atoms with Crippen molar-refractivity contribution in [2.24, 2.45) is 50.2 Å². The zero-order valence-corrected chi connectivity index (χ0v) is 22.3. The fourth-order valence-corrected chi connectivity index (χ4v) is 10.5. The molecule has 4 saturated carbocycles. The predicted octanol–water partition coefficient (Wildman–Crippen LogP) is 7.23. The minimum Gasteiger partial charge on any atom is -0.481 e. The van der Waals surface area contributed by atoms with Crippen molar-refractivity contribution in [2.75, 3.05) is 0 Å². The highest BCUT2D eigenvalue weighted by molar-refractivity contribution is 5.74. The summed E-state index contributed by atoms with van der Waals surface area (Å²) >= 11 is 0. The van der Waals surface area contributed by atoms with Crippen LogP contribution >= 0.6 is 0 Å². The van der Waals surface area contributed by atoms with Gasteiger partial charge in [-0.05, 0) is 116 Å². The Morgan fingerprint density at radius 3 is 2.21 bits per heavy atom. The first kappa shape index (κ1) is 23.9. The molecule has 3 unspecified atom stereocenters. The largest absolute Gasteiger partial charge is 0.481 e. The molecule has 5 aliphatic rings. The van der Waals surface area contributed by atoms with Gasteiger partial charge in [-0.15, -0.1) is 0 Å². The van der Waals surface area contributed by atoms with Crippen LogP contribution < -0.4 is 0 Å². The van der Waals surface area contributed by atoms with Gasteiger partial charge in [-0.1, -0.05) is 53.2 Å². The molecule has 5 aliphatic carbocycles. The van der Waals surface area contributed by atoms with E-state index in [0.717, 1.165) is 38.5 Å². The van der Waals surface area contributed by atoms with E-state index in [1.165, 1.54) is 25.7 Å². The number of allylic oxidation sites excluding steroid dienone is 2. The molecule has 33 heavy (non-hydrogen) atoms. The van der Waals surface area contributed by atoms with Gasteiger partial charge in [-0.3, -0.25) is 4.79 Å². The number of fused-ring (bicyclic) bond motifs is 7. The first-order valence-corrected chi connectivity index (χ1v) is 13.8. The normalized spacial score (nSPS) is 55.3. The quantitative estimate of drug-likeness (QED) is 0.409. The van der Waals surface area contributed by atoms with E-state index in [4.69, 9.17) is 0 Å². The van der Waals surface area contributed by atoms with Gasteiger partial charge in [0.25, 0.3) is 0 Å². The summed E-state index contributed by atoms with van der Waals surface area (Å²) in [6, 6.07) is 0. The van der Waals surface area contributed by atoms with Gasteiger partial charge in [0, 0.05) is 0 Å². The number of hydrogen-bond acceptors (Lipinski definition) is 2. The van der Waals surface area contributed by atoms with E-state index in [1.807, 2.05) is 6.92 Å². The van der Waals surface area contributed by atoms with Crippen molar-refractivity contribution < 1.29 is 15.0 Å². The van der Waals surface area contributed by atoms with Crippen LogP contribution in [0.2, 0.25) is 0 Å². The number of aliphatic carboxylic acids is 1. The lowest BCUT2D eigenvalue weighted by molar-refractivity contribution is -0.203. The zero-order valence-electron chi connectivity index (χ0n) is 22.3. The second-order valence-corrected chi connectivity index (χ2v) is 14.9. The fourth-order valence-electron chi connectivity index (χ4n) is 10.5. The van der Waals surface area contributed by atoms with Crippen molar-refractivity contribution >= 4 is 5.97 Å². The first-order chi connectivity index (χ1) is 15.1. The van der Waals surface area contributed by atoms with Gasteiger partial charge in [0.1, 0.15) is 0 Å². The molecule has 0 aromatic carbocycles. The fraction of sp³-hybridized carbons (Fsp3) is 0.900. The lowest BCUT2D eigenvalue weighted by atomic mass is 9.33. The summed E-state index contributed by atoms with van der Waals surface area (Å²) in [5.74, 6) is 1.01. The van der Waals surface area contributed by atoms with Gasteiger partial charge in [0.05, 0.1) is 11.5 Å². The van der Waals surface area contributed by atoms with E-state index in [9.17, 15) is 15.0 Å². The summed E-state index contributed by atoms with van der Waals surface area (Å²) in [5, 5.41) is 20.9. The first-order valence-electron chi connectivity index (χ1n) is 13.8. The predicted molar refractivity (Wildman–Crippen MR) is 133 cm³/mol. The smallest absolute Gasteiger partial charge is 0.309 e. The summed E-state index contributed by atoms with van der Waals surface area (Å²) in [7, 11) is 0. The van der Waals surface area contributed by atoms with Gasteiger partial charge < -0.3 is 10.2 Å². The number of rotatable bonds is 1. The Kier molecular flexibility index (Phi) is 4.99. The summed E-state index contributed by atoms with van der Waals surface area (Å²) in [4.78, 5) is 12.2. The number of carboxylic acid groups (broad SMARTS) is 1. The van der Waals surface area contributed by atoms with Gasteiger partial charge in [-0.2, -0.15) is 0 Å². The monoisotopic (exact) mass is 456 g/mol. The van der Waals surface area contributed by atoms with E-state index < -0.39 is 11.4 Å². The Bertz CT molecular complexity index is 889. The number of aliphatic hydroxyl groups excluding tert-OH is 1. The molecule has 0 heterocycles. The maximum Gasteiger partial charge on any atom is 0.309 e. The van der Waals surface area contributed by atoms with Crippen LogP contribution in [0.25, 0.3) is 0 Å². The molecule has 5 rings (SSSR count). The molecule has 0 aromatic heterocycles. The number of carbonyl (C=O) groups is 1. The third kappa shape index (κ3) is 2.87. The van der Waals surface area contributed by atoms with Crippen LogP contribution in [0.5, 0.6) is 0 Å². The van der Waals surface area contributed by atoms with Gasteiger partial charge in [0.2, 0.25) is 0 Å². The van der Waals surface area contributed by atoms with Crippen molar-refractivity contribution in [3.05, 3.63) is 11.6 Å². The summed E-state index contributed by atoms with van der Waals surface area (Å²) < 4.78 is 0. The highest BCUT2D eigenvalue weighted by Gasteiger charge is 2.68. The van der Waals surface area contributed by atoms with Crippen molar-refractivity contribution in [3.8, 4) is 0 Å². The number of carboxylic acids is 1. The molecule has 0 aliphatic heterocycles. The van der Waals surface area contributed by atoms with Crippen molar-refractivity contribution in [3.63, 3.8) is 0 Å². The second kappa shape index (κ2) is 6.89. The molecule has 3 nitrogen and oxygen atoms in total.